The van der Waals surface area contributed by atoms with E-state index in [-0.39, 0.29) is 8.80 Å². The quantitative estimate of drug-likeness (QED) is 0.421. The highest BCUT2D eigenvalue weighted by Crippen LogP contribution is 2.11. The van der Waals surface area contributed by atoms with Crippen molar-refractivity contribution in [1.82, 2.24) is 9.78 Å². The molecular formula is C11H22N3O3Si+. The van der Waals surface area contributed by atoms with Gasteiger partial charge in [-0.25, -0.2) is 10.2 Å². The van der Waals surface area contributed by atoms with Crippen molar-refractivity contribution in [2.75, 3.05) is 26.3 Å². The third kappa shape index (κ3) is 5.17. The van der Waals surface area contributed by atoms with Crippen molar-refractivity contribution < 1.29 is 14.3 Å². The van der Waals surface area contributed by atoms with Crippen LogP contribution in [0, 0.1) is 0 Å². The highest BCUT2D eigenvalue weighted by molar-refractivity contribution is 6.55. The molecule has 18 heavy (non-hydrogen) atoms. The molecule has 1 aromatic heterocycles. The fourth-order valence-corrected chi connectivity index (χ4v) is 1.95. The molecule has 0 unspecified atom stereocenters. The standard InChI is InChI=1S/C11H22N3O3Si/c1-15-8-10-7-11(13-16-2)14(12-10)9-17-5-6-18(3)4/h7,13H,5-6,8-9H2,1-4H3/q+1. The molecule has 1 rings (SSSR count). The first kappa shape index (κ1) is 15.2. The predicted octanol–water partition coefficient (Wildman–Crippen LogP) is 1.73. The number of nitrogens with zero attached hydrogens (tertiary/aromatic N) is 2. The molecule has 0 saturated heterocycles. The van der Waals surface area contributed by atoms with Crippen molar-refractivity contribution in [3.8, 4) is 0 Å². The fraction of sp³-hybridized carbons (Fsp3) is 0.727. The molecule has 0 aliphatic rings. The van der Waals surface area contributed by atoms with Crippen LogP contribution in [0.15, 0.2) is 6.07 Å². The zero-order valence-electron chi connectivity index (χ0n) is 11.5. The number of anilines is 1. The number of ether oxygens (including phenoxy) is 2. The van der Waals surface area contributed by atoms with Crippen molar-refractivity contribution in [1.29, 1.82) is 0 Å². The smallest absolute Gasteiger partial charge is 0.310 e. The maximum absolute atomic E-state index is 5.60. The van der Waals surface area contributed by atoms with E-state index in [1.165, 1.54) is 0 Å². The number of rotatable bonds is 9. The van der Waals surface area contributed by atoms with Crippen molar-refractivity contribution >= 4 is 14.6 Å². The largest absolute Gasteiger partial charge is 0.378 e. The highest BCUT2D eigenvalue weighted by atomic mass is 28.3. The van der Waals surface area contributed by atoms with Crippen LogP contribution in [0.5, 0.6) is 0 Å². The van der Waals surface area contributed by atoms with Gasteiger partial charge in [-0.2, -0.15) is 5.10 Å². The number of nitrogens with one attached hydrogen (secondary N) is 1. The van der Waals surface area contributed by atoms with E-state index in [9.17, 15) is 0 Å². The fourth-order valence-electron chi connectivity index (χ4n) is 1.40. The second-order valence-electron chi connectivity index (χ2n) is 4.25. The Morgan fingerprint density at radius 2 is 2.17 bits per heavy atom. The van der Waals surface area contributed by atoms with Gasteiger partial charge in [0.15, 0.2) is 5.82 Å². The molecule has 0 atom stereocenters. The van der Waals surface area contributed by atoms with Gasteiger partial charge in [-0.15, -0.1) is 0 Å². The normalized spacial score (nSPS) is 10.7. The van der Waals surface area contributed by atoms with Gasteiger partial charge in [-0.1, -0.05) is 0 Å². The Morgan fingerprint density at radius 1 is 1.39 bits per heavy atom. The molecule has 0 aromatic carbocycles. The summed E-state index contributed by atoms with van der Waals surface area (Å²) >= 11 is 0. The topological polar surface area (TPSA) is 57.5 Å². The van der Waals surface area contributed by atoms with Crippen LogP contribution in [-0.2, 0) is 27.6 Å². The molecule has 7 heteroatoms. The Balaban J connectivity index is 2.50. The summed E-state index contributed by atoms with van der Waals surface area (Å²) < 4.78 is 12.4. The van der Waals surface area contributed by atoms with Crippen LogP contribution < -0.4 is 5.48 Å². The van der Waals surface area contributed by atoms with Gasteiger partial charge in [0.2, 0.25) is 0 Å². The van der Waals surface area contributed by atoms with Crippen molar-refractivity contribution in [3.63, 3.8) is 0 Å². The minimum atomic E-state index is -0.227. The van der Waals surface area contributed by atoms with Crippen molar-refractivity contribution in [2.24, 2.45) is 0 Å². The zero-order valence-corrected chi connectivity index (χ0v) is 12.5. The summed E-state index contributed by atoms with van der Waals surface area (Å²) in [6.45, 7) is 6.22. The van der Waals surface area contributed by atoms with Crippen molar-refractivity contribution in [3.05, 3.63) is 11.8 Å². The first-order valence-corrected chi connectivity index (χ1v) is 8.59. The second kappa shape index (κ2) is 8.25. The van der Waals surface area contributed by atoms with Gasteiger partial charge < -0.3 is 9.47 Å². The Hall–Kier alpha value is -0.893. The highest BCUT2D eigenvalue weighted by Gasteiger charge is 2.11. The zero-order chi connectivity index (χ0) is 13.4. The predicted molar refractivity (Wildman–Crippen MR) is 71.8 cm³/mol. The van der Waals surface area contributed by atoms with E-state index < -0.39 is 0 Å². The molecule has 6 nitrogen and oxygen atoms in total. The summed E-state index contributed by atoms with van der Waals surface area (Å²) in [5, 5.41) is 4.37. The number of aromatic nitrogens is 2. The Kier molecular flexibility index (Phi) is 6.95. The Bertz CT molecular complexity index is 344. The van der Waals surface area contributed by atoms with Crippen LogP contribution in [0.1, 0.15) is 5.69 Å². The third-order valence-electron chi connectivity index (χ3n) is 2.29. The summed E-state index contributed by atoms with van der Waals surface area (Å²) in [5.41, 5.74) is 3.62. The molecule has 1 heterocycles. The van der Waals surface area contributed by atoms with Crippen LogP contribution in [0.25, 0.3) is 0 Å². The first-order chi connectivity index (χ1) is 8.67. The SMILES string of the molecule is COCc1cc(NOC)n(COCC[Si+](C)C)n1. The molecule has 1 aromatic rings. The van der Waals surface area contributed by atoms with Gasteiger partial charge in [0.25, 0.3) is 0 Å². The summed E-state index contributed by atoms with van der Waals surface area (Å²) in [7, 11) is 2.98. The molecule has 1 N–H and O–H groups in total. The second-order valence-corrected chi connectivity index (χ2v) is 7.17. The van der Waals surface area contributed by atoms with Gasteiger partial charge >= 0.3 is 8.80 Å². The van der Waals surface area contributed by atoms with E-state index in [4.69, 9.17) is 14.3 Å². The van der Waals surface area contributed by atoms with Gasteiger partial charge in [0, 0.05) is 13.2 Å². The lowest BCUT2D eigenvalue weighted by molar-refractivity contribution is 0.0776. The molecular weight excluding hydrogens is 250 g/mol. The molecule has 0 bridgehead atoms. The van der Waals surface area contributed by atoms with E-state index in [2.05, 4.69) is 23.7 Å². The molecule has 0 fully saturated rings. The molecule has 0 amide bonds. The summed E-state index contributed by atoms with van der Waals surface area (Å²) in [4.78, 5) is 4.90. The lowest BCUT2D eigenvalue weighted by atomic mass is 10.4. The third-order valence-corrected chi connectivity index (χ3v) is 3.49. The first-order valence-electron chi connectivity index (χ1n) is 5.88. The maximum atomic E-state index is 5.60. The number of methoxy groups -OCH3 is 1. The van der Waals surface area contributed by atoms with E-state index in [1.54, 1.807) is 18.9 Å². The average molecular weight is 272 g/mol. The van der Waals surface area contributed by atoms with Crippen LogP contribution in [0.4, 0.5) is 5.82 Å². The number of hydrogen-bond donors (Lipinski definition) is 1. The summed E-state index contributed by atoms with van der Waals surface area (Å²) in [6, 6.07) is 3.02. The molecule has 0 aliphatic heterocycles. The van der Waals surface area contributed by atoms with Gasteiger partial charge in [-0.3, -0.25) is 4.84 Å². The van der Waals surface area contributed by atoms with Crippen LogP contribution in [0.2, 0.25) is 19.1 Å². The van der Waals surface area contributed by atoms with E-state index in [0.29, 0.717) is 13.3 Å². The molecule has 0 saturated carbocycles. The van der Waals surface area contributed by atoms with Gasteiger partial charge in [0.1, 0.15) is 6.73 Å². The number of hydrogen-bond acceptors (Lipinski definition) is 5. The van der Waals surface area contributed by atoms with Crippen LogP contribution in [0.3, 0.4) is 0 Å². The van der Waals surface area contributed by atoms with Crippen molar-refractivity contribution in [2.45, 2.75) is 32.5 Å². The van der Waals surface area contributed by atoms with Gasteiger partial charge in [0.05, 0.1) is 45.2 Å². The van der Waals surface area contributed by atoms with Crippen LogP contribution in [-0.4, -0.2) is 39.4 Å². The minimum absolute atomic E-state index is 0.227. The average Bonchev–Trinajstić information content (AvgIpc) is 2.68. The summed E-state index contributed by atoms with van der Waals surface area (Å²) in [6.07, 6.45) is 0. The van der Waals surface area contributed by atoms with Gasteiger partial charge in [-0.05, 0) is 0 Å². The summed E-state index contributed by atoms with van der Waals surface area (Å²) in [5.74, 6) is 0.767. The molecule has 0 radical (unpaired) electrons. The van der Waals surface area contributed by atoms with Crippen LogP contribution >= 0.6 is 0 Å². The van der Waals surface area contributed by atoms with E-state index in [1.807, 2.05) is 6.07 Å². The molecule has 0 aliphatic carbocycles. The molecule has 0 spiro atoms. The monoisotopic (exact) mass is 272 g/mol. The Labute approximate surface area is 110 Å². The lowest BCUT2D eigenvalue weighted by Gasteiger charge is -2.07. The van der Waals surface area contributed by atoms with E-state index >= 15 is 0 Å². The minimum Gasteiger partial charge on any atom is -0.378 e. The lowest BCUT2D eigenvalue weighted by Crippen LogP contribution is -2.12. The maximum Gasteiger partial charge on any atom is 0.310 e. The Morgan fingerprint density at radius 3 is 2.78 bits per heavy atom. The molecule has 102 valence electrons. The van der Waals surface area contributed by atoms with E-state index in [0.717, 1.165) is 24.2 Å².